The molecule has 2 aromatic rings. The van der Waals surface area contributed by atoms with Crippen molar-refractivity contribution in [1.82, 2.24) is 10.3 Å². The van der Waals surface area contributed by atoms with Crippen molar-refractivity contribution in [3.8, 4) is 0 Å². The Morgan fingerprint density at radius 1 is 1.35 bits per heavy atom. The first-order valence-electron chi connectivity index (χ1n) is 7.76. The number of nitrogens with one attached hydrogen (secondary N) is 2. The number of amides is 1. The Kier molecular flexibility index (Phi) is 4.35. The lowest BCUT2D eigenvalue weighted by atomic mass is 9.68. The summed E-state index contributed by atoms with van der Waals surface area (Å²) in [7, 11) is 0. The van der Waals surface area contributed by atoms with Crippen molar-refractivity contribution in [3.05, 3.63) is 30.0 Å². The predicted molar refractivity (Wildman–Crippen MR) is 90.7 cm³/mol. The molecule has 6 heteroatoms. The summed E-state index contributed by atoms with van der Waals surface area (Å²) < 4.78 is 0. The van der Waals surface area contributed by atoms with Crippen LogP contribution in [0.1, 0.15) is 25.0 Å². The lowest BCUT2D eigenvalue weighted by molar-refractivity contribution is -0.162. The topological polar surface area (TPSA) is 82.2 Å². The van der Waals surface area contributed by atoms with Gasteiger partial charge in [0.1, 0.15) is 5.41 Å². The fourth-order valence-corrected chi connectivity index (χ4v) is 4.00. The number of para-hydroxylation sites is 1. The first kappa shape index (κ1) is 15.9. The first-order valence-corrected chi connectivity index (χ1v) is 8.75. The minimum Gasteiger partial charge on any atom is -0.480 e. The van der Waals surface area contributed by atoms with Gasteiger partial charge in [-0.3, -0.25) is 9.59 Å². The standard InChI is InChI=1S/C17H20N2O3S/c1-11-14(12-5-2-3-6-13(12)19-11)23-10-9-18-15(20)17(16(21)22)7-4-8-17/h2-3,5-6,19H,4,7-10H2,1H3,(H,18,20)(H,21,22). The number of thioether (sulfide) groups is 1. The number of rotatable bonds is 6. The molecule has 5 nitrogen and oxygen atoms in total. The van der Waals surface area contributed by atoms with Gasteiger partial charge >= 0.3 is 5.97 Å². The average Bonchev–Trinajstić information content (AvgIpc) is 2.77. The maximum Gasteiger partial charge on any atom is 0.319 e. The van der Waals surface area contributed by atoms with E-state index >= 15 is 0 Å². The Morgan fingerprint density at radius 2 is 2.09 bits per heavy atom. The number of H-pyrrole nitrogens is 1. The number of carboxylic acids is 1. The monoisotopic (exact) mass is 332 g/mol. The summed E-state index contributed by atoms with van der Waals surface area (Å²) in [5, 5.41) is 13.2. The van der Waals surface area contributed by atoms with Crippen molar-refractivity contribution in [2.24, 2.45) is 5.41 Å². The number of hydrogen-bond donors (Lipinski definition) is 3. The van der Waals surface area contributed by atoms with Crippen molar-refractivity contribution >= 4 is 34.5 Å². The Balaban J connectivity index is 1.56. The number of carbonyl (C=O) groups excluding carboxylic acids is 1. The summed E-state index contributed by atoms with van der Waals surface area (Å²) in [6, 6.07) is 8.13. The van der Waals surface area contributed by atoms with E-state index in [-0.39, 0.29) is 5.91 Å². The van der Waals surface area contributed by atoms with E-state index in [1.807, 2.05) is 25.1 Å². The molecule has 122 valence electrons. The molecule has 3 N–H and O–H groups in total. The SMILES string of the molecule is Cc1[nH]c2ccccc2c1SCCNC(=O)C1(C(=O)O)CCC1. The summed E-state index contributed by atoms with van der Waals surface area (Å²) in [6.45, 7) is 2.51. The summed E-state index contributed by atoms with van der Waals surface area (Å²) >= 11 is 1.68. The largest absolute Gasteiger partial charge is 0.480 e. The summed E-state index contributed by atoms with van der Waals surface area (Å²) in [4.78, 5) is 27.9. The second-order valence-corrected chi connectivity index (χ2v) is 7.08. The van der Waals surface area contributed by atoms with Crippen molar-refractivity contribution in [1.29, 1.82) is 0 Å². The minimum absolute atomic E-state index is 0.340. The molecule has 0 atom stereocenters. The molecule has 0 aliphatic heterocycles. The van der Waals surface area contributed by atoms with Crippen LogP contribution in [-0.4, -0.2) is 34.3 Å². The maximum absolute atomic E-state index is 12.1. The van der Waals surface area contributed by atoms with Crippen LogP contribution >= 0.6 is 11.8 Å². The van der Waals surface area contributed by atoms with E-state index in [4.69, 9.17) is 0 Å². The molecule has 1 aliphatic rings. The van der Waals surface area contributed by atoms with Crippen LogP contribution in [0.2, 0.25) is 0 Å². The quantitative estimate of drug-likeness (QED) is 0.431. The van der Waals surface area contributed by atoms with Gasteiger partial charge in [-0.15, -0.1) is 11.8 Å². The molecule has 0 unspecified atom stereocenters. The van der Waals surface area contributed by atoms with Gasteiger partial charge in [0.25, 0.3) is 0 Å². The molecule has 1 heterocycles. The van der Waals surface area contributed by atoms with Gasteiger partial charge in [-0.2, -0.15) is 0 Å². The van der Waals surface area contributed by atoms with E-state index in [0.717, 1.165) is 17.6 Å². The smallest absolute Gasteiger partial charge is 0.319 e. The molecule has 0 saturated heterocycles. The molecule has 0 radical (unpaired) electrons. The number of aryl methyl sites for hydroxylation is 1. The van der Waals surface area contributed by atoms with Crippen molar-refractivity contribution in [2.45, 2.75) is 31.1 Å². The molecule has 3 rings (SSSR count). The predicted octanol–water partition coefficient (Wildman–Crippen LogP) is 2.94. The zero-order valence-corrected chi connectivity index (χ0v) is 13.8. The maximum atomic E-state index is 12.1. The lowest BCUT2D eigenvalue weighted by Gasteiger charge is -2.35. The molecule has 23 heavy (non-hydrogen) atoms. The molecule has 1 aromatic heterocycles. The van der Waals surface area contributed by atoms with Crippen LogP contribution in [0.5, 0.6) is 0 Å². The highest BCUT2D eigenvalue weighted by molar-refractivity contribution is 7.99. The van der Waals surface area contributed by atoms with Crippen LogP contribution in [0.3, 0.4) is 0 Å². The van der Waals surface area contributed by atoms with Gasteiger partial charge in [0.05, 0.1) is 0 Å². The number of aromatic nitrogens is 1. The van der Waals surface area contributed by atoms with Gasteiger partial charge in [-0.25, -0.2) is 0 Å². The van der Waals surface area contributed by atoms with Crippen LogP contribution in [0.4, 0.5) is 0 Å². The average molecular weight is 332 g/mol. The second-order valence-electron chi connectivity index (χ2n) is 5.97. The fourth-order valence-electron chi connectivity index (χ4n) is 2.99. The Hall–Kier alpha value is -1.95. The van der Waals surface area contributed by atoms with Crippen LogP contribution in [0, 0.1) is 12.3 Å². The zero-order valence-electron chi connectivity index (χ0n) is 13.0. The second kappa shape index (κ2) is 6.28. The summed E-state index contributed by atoms with van der Waals surface area (Å²) in [6.07, 6.45) is 1.70. The third kappa shape index (κ3) is 2.83. The Labute approximate surface area is 138 Å². The Bertz CT molecular complexity index is 749. The number of carbonyl (C=O) groups is 2. The van der Waals surface area contributed by atoms with Gasteiger partial charge in [0, 0.05) is 33.8 Å². The molecule has 1 saturated carbocycles. The third-order valence-electron chi connectivity index (χ3n) is 4.52. The van der Waals surface area contributed by atoms with E-state index < -0.39 is 11.4 Å². The highest BCUT2D eigenvalue weighted by atomic mass is 32.2. The number of fused-ring (bicyclic) bond motifs is 1. The van der Waals surface area contributed by atoms with Crippen LogP contribution < -0.4 is 5.32 Å². The highest BCUT2D eigenvalue weighted by Gasteiger charge is 2.50. The fraction of sp³-hybridized carbons (Fsp3) is 0.412. The number of hydrogen-bond acceptors (Lipinski definition) is 3. The zero-order chi connectivity index (χ0) is 16.4. The normalized spacial score (nSPS) is 16.0. The van der Waals surface area contributed by atoms with Crippen LogP contribution in [0.25, 0.3) is 10.9 Å². The van der Waals surface area contributed by atoms with Gasteiger partial charge in [-0.1, -0.05) is 24.6 Å². The molecule has 0 bridgehead atoms. The van der Waals surface area contributed by atoms with Crippen molar-refractivity contribution < 1.29 is 14.7 Å². The summed E-state index contributed by atoms with van der Waals surface area (Å²) in [5.74, 6) is -0.627. The van der Waals surface area contributed by atoms with E-state index in [0.29, 0.717) is 25.1 Å². The Morgan fingerprint density at radius 3 is 2.74 bits per heavy atom. The number of carboxylic acid groups (broad SMARTS) is 1. The highest BCUT2D eigenvalue weighted by Crippen LogP contribution is 2.41. The van der Waals surface area contributed by atoms with Crippen molar-refractivity contribution in [3.63, 3.8) is 0 Å². The molecule has 1 amide bonds. The lowest BCUT2D eigenvalue weighted by Crippen LogP contribution is -2.51. The van der Waals surface area contributed by atoms with E-state index in [9.17, 15) is 14.7 Å². The van der Waals surface area contributed by atoms with E-state index in [1.165, 1.54) is 10.3 Å². The van der Waals surface area contributed by atoms with E-state index in [2.05, 4.69) is 16.4 Å². The van der Waals surface area contributed by atoms with Gasteiger partial charge < -0.3 is 15.4 Å². The number of aromatic amines is 1. The van der Waals surface area contributed by atoms with Gasteiger partial charge in [-0.05, 0) is 25.8 Å². The van der Waals surface area contributed by atoms with Gasteiger partial charge in [0.2, 0.25) is 5.91 Å². The molecular formula is C17H20N2O3S. The van der Waals surface area contributed by atoms with Crippen LogP contribution in [-0.2, 0) is 9.59 Å². The first-order chi connectivity index (χ1) is 11.0. The molecule has 1 fully saturated rings. The number of benzene rings is 1. The molecular weight excluding hydrogens is 312 g/mol. The molecule has 1 aromatic carbocycles. The molecule has 1 aliphatic carbocycles. The van der Waals surface area contributed by atoms with Crippen LogP contribution in [0.15, 0.2) is 29.2 Å². The summed E-state index contributed by atoms with van der Waals surface area (Å²) in [5.41, 5.74) is 1.04. The molecule has 0 spiro atoms. The van der Waals surface area contributed by atoms with E-state index in [1.54, 1.807) is 11.8 Å². The van der Waals surface area contributed by atoms with Gasteiger partial charge in [0.15, 0.2) is 0 Å². The number of aliphatic carboxylic acids is 1. The van der Waals surface area contributed by atoms with Crippen molar-refractivity contribution in [2.75, 3.05) is 12.3 Å². The minimum atomic E-state index is -1.18. The third-order valence-corrected chi connectivity index (χ3v) is 5.74.